The second-order valence-corrected chi connectivity index (χ2v) is 6.55. The number of rotatable bonds is 2. The van der Waals surface area contributed by atoms with E-state index in [1.807, 2.05) is 30.0 Å². The first-order valence-electron chi connectivity index (χ1n) is 6.76. The number of nitriles is 1. The molecule has 0 amide bonds. The van der Waals surface area contributed by atoms with Gasteiger partial charge < -0.3 is 4.90 Å². The van der Waals surface area contributed by atoms with Crippen molar-refractivity contribution in [2.45, 2.75) is 5.25 Å². The van der Waals surface area contributed by atoms with Gasteiger partial charge in [-0.25, -0.2) is 4.98 Å². The highest BCUT2D eigenvalue weighted by molar-refractivity contribution is 7.99. The van der Waals surface area contributed by atoms with Gasteiger partial charge in [0.2, 0.25) is 0 Å². The van der Waals surface area contributed by atoms with Crippen molar-refractivity contribution >= 4 is 29.2 Å². The van der Waals surface area contributed by atoms with E-state index < -0.39 is 0 Å². The normalized spacial score (nSPS) is 18.3. The molecule has 1 saturated heterocycles. The van der Waals surface area contributed by atoms with Crippen LogP contribution in [0.25, 0.3) is 0 Å². The van der Waals surface area contributed by atoms with Crippen LogP contribution in [0.1, 0.15) is 16.5 Å². The first-order chi connectivity index (χ1) is 10.3. The molecule has 1 aliphatic rings. The Bertz CT molecular complexity index is 669. The molecule has 2 heterocycles. The molecule has 1 atom stereocenters. The van der Waals surface area contributed by atoms with E-state index in [9.17, 15) is 0 Å². The molecule has 0 aliphatic carbocycles. The fourth-order valence-corrected chi connectivity index (χ4v) is 3.81. The predicted octanol–water partition coefficient (Wildman–Crippen LogP) is 3.90. The van der Waals surface area contributed by atoms with Crippen molar-refractivity contribution in [3.05, 3.63) is 58.7 Å². The average Bonchev–Trinajstić information content (AvgIpc) is 2.56. The van der Waals surface area contributed by atoms with Gasteiger partial charge in [0.05, 0.1) is 5.02 Å². The molecule has 5 heteroatoms. The lowest BCUT2D eigenvalue weighted by molar-refractivity contribution is 0.763. The van der Waals surface area contributed by atoms with Gasteiger partial charge in [-0.15, -0.1) is 0 Å². The number of benzene rings is 1. The average molecular weight is 316 g/mol. The molecule has 0 radical (unpaired) electrons. The minimum Gasteiger partial charge on any atom is -0.354 e. The van der Waals surface area contributed by atoms with Crippen molar-refractivity contribution in [1.29, 1.82) is 5.26 Å². The van der Waals surface area contributed by atoms with Crippen molar-refractivity contribution in [2.75, 3.05) is 23.7 Å². The molecule has 1 aromatic heterocycles. The first kappa shape index (κ1) is 14.2. The number of aromatic nitrogens is 1. The molecular weight excluding hydrogens is 302 g/mol. The molecule has 0 bridgehead atoms. The Labute approximate surface area is 133 Å². The van der Waals surface area contributed by atoms with Crippen LogP contribution < -0.4 is 4.90 Å². The van der Waals surface area contributed by atoms with Crippen molar-refractivity contribution in [2.24, 2.45) is 0 Å². The van der Waals surface area contributed by atoms with E-state index in [-0.39, 0.29) is 0 Å². The Hall–Kier alpha value is -1.70. The minimum atomic E-state index is 0.295. The van der Waals surface area contributed by atoms with Crippen LogP contribution in [0.4, 0.5) is 5.82 Å². The molecule has 0 saturated carbocycles. The maximum atomic E-state index is 9.05. The van der Waals surface area contributed by atoms with Crippen LogP contribution >= 0.6 is 23.4 Å². The summed E-state index contributed by atoms with van der Waals surface area (Å²) in [5.41, 5.74) is 1.63. The van der Waals surface area contributed by atoms with Gasteiger partial charge in [-0.2, -0.15) is 17.0 Å². The zero-order valence-corrected chi connectivity index (χ0v) is 12.9. The van der Waals surface area contributed by atoms with E-state index in [0.29, 0.717) is 16.0 Å². The second kappa shape index (κ2) is 6.38. The summed E-state index contributed by atoms with van der Waals surface area (Å²) < 4.78 is 0. The topological polar surface area (TPSA) is 39.9 Å². The summed E-state index contributed by atoms with van der Waals surface area (Å²) in [6.45, 7) is 1.84. The lowest BCUT2D eigenvalue weighted by Gasteiger charge is -2.33. The molecule has 1 unspecified atom stereocenters. The first-order valence-corrected chi connectivity index (χ1v) is 8.19. The highest BCUT2D eigenvalue weighted by Crippen LogP contribution is 2.34. The van der Waals surface area contributed by atoms with Crippen LogP contribution in [-0.4, -0.2) is 23.8 Å². The quantitative estimate of drug-likeness (QED) is 0.842. The van der Waals surface area contributed by atoms with Gasteiger partial charge in [0.25, 0.3) is 0 Å². The fraction of sp³-hybridized carbons (Fsp3) is 0.250. The summed E-state index contributed by atoms with van der Waals surface area (Å²) in [6.07, 6.45) is 0. The highest BCUT2D eigenvalue weighted by Gasteiger charge is 2.23. The smallest absolute Gasteiger partial charge is 0.161 e. The Morgan fingerprint density at radius 1 is 1.24 bits per heavy atom. The van der Waals surface area contributed by atoms with E-state index in [4.69, 9.17) is 16.9 Å². The highest BCUT2D eigenvalue weighted by atomic mass is 35.5. The van der Waals surface area contributed by atoms with E-state index in [0.717, 1.165) is 24.7 Å². The predicted molar refractivity (Wildman–Crippen MR) is 87.8 cm³/mol. The lowest BCUT2D eigenvalue weighted by atomic mass is 10.1. The van der Waals surface area contributed by atoms with Gasteiger partial charge in [0.1, 0.15) is 11.9 Å². The van der Waals surface area contributed by atoms with E-state index >= 15 is 0 Å². The third kappa shape index (κ3) is 3.15. The molecule has 0 N–H and O–H groups in total. The molecule has 3 rings (SSSR count). The van der Waals surface area contributed by atoms with E-state index in [2.05, 4.69) is 34.1 Å². The van der Waals surface area contributed by atoms with Crippen molar-refractivity contribution < 1.29 is 0 Å². The Balaban J connectivity index is 1.82. The largest absolute Gasteiger partial charge is 0.354 e. The van der Waals surface area contributed by atoms with Crippen molar-refractivity contribution in [3.8, 4) is 6.07 Å². The van der Waals surface area contributed by atoms with Crippen LogP contribution in [0.15, 0.2) is 42.5 Å². The lowest BCUT2D eigenvalue weighted by Crippen LogP contribution is -2.35. The fourth-order valence-electron chi connectivity index (χ4n) is 2.41. The number of pyridine rings is 1. The van der Waals surface area contributed by atoms with Gasteiger partial charge >= 0.3 is 0 Å². The van der Waals surface area contributed by atoms with Crippen LogP contribution in [-0.2, 0) is 0 Å². The van der Waals surface area contributed by atoms with E-state index in [1.165, 1.54) is 5.56 Å². The van der Waals surface area contributed by atoms with E-state index in [1.54, 1.807) is 6.07 Å². The van der Waals surface area contributed by atoms with Crippen molar-refractivity contribution in [3.63, 3.8) is 0 Å². The van der Waals surface area contributed by atoms with Gasteiger partial charge in [-0.05, 0) is 17.7 Å². The third-order valence-corrected chi connectivity index (χ3v) is 5.05. The van der Waals surface area contributed by atoms with Gasteiger partial charge in [-0.1, -0.05) is 41.9 Å². The Kier molecular flexibility index (Phi) is 4.33. The number of hydrogen-bond donors (Lipinski definition) is 0. The number of hydrogen-bond acceptors (Lipinski definition) is 4. The van der Waals surface area contributed by atoms with Crippen LogP contribution in [0.2, 0.25) is 5.02 Å². The molecule has 1 aromatic carbocycles. The zero-order valence-electron chi connectivity index (χ0n) is 11.4. The summed E-state index contributed by atoms with van der Waals surface area (Å²) in [6, 6.07) is 16.2. The monoisotopic (exact) mass is 315 g/mol. The molecule has 0 spiro atoms. The molecule has 21 heavy (non-hydrogen) atoms. The molecule has 3 nitrogen and oxygen atoms in total. The summed E-state index contributed by atoms with van der Waals surface area (Å²) in [5, 5.41) is 9.89. The van der Waals surface area contributed by atoms with Gasteiger partial charge in [0.15, 0.2) is 5.69 Å². The summed E-state index contributed by atoms with van der Waals surface area (Å²) in [5.74, 6) is 1.88. The number of halogens is 1. The SMILES string of the molecule is N#Cc1nc(N2CCSC(c3ccccc3)C2)ccc1Cl. The van der Waals surface area contributed by atoms with Crippen molar-refractivity contribution in [1.82, 2.24) is 4.98 Å². The minimum absolute atomic E-state index is 0.295. The molecule has 106 valence electrons. The number of anilines is 1. The van der Waals surface area contributed by atoms with Gasteiger partial charge in [-0.3, -0.25) is 0 Å². The third-order valence-electron chi connectivity index (χ3n) is 3.50. The van der Waals surface area contributed by atoms with Gasteiger partial charge in [0, 0.05) is 24.1 Å². The molecule has 1 aliphatic heterocycles. The Morgan fingerprint density at radius 2 is 2.05 bits per heavy atom. The number of nitrogens with zero attached hydrogens (tertiary/aromatic N) is 3. The number of thioether (sulfide) groups is 1. The molecular formula is C16H14ClN3S. The molecule has 2 aromatic rings. The summed E-state index contributed by atoms with van der Waals surface area (Å²) >= 11 is 7.92. The Morgan fingerprint density at radius 3 is 2.81 bits per heavy atom. The maximum absolute atomic E-state index is 9.05. The summed E-state index contributed by atoms with van der Waals surface area (Å²) in [4.78, 5) is 6.59. The van der Waals surface area contributed by atoms with Crippen LogP contribution in [0.3, 0.4) is 0 Å². The summed E-state index contributed by atoms with van der Waals surface area (Å²) in [7, 11) is 0. The second-order valence-electron chi connectivity index (χ2n) is 4.83. The maximum Gasteiger partial charge on any atom is 0.161 e. The zero-order chi connectivity index (χ0) is 14.7. The standard InChI is InChI=1S/C16H14ClN3S/c17-13-6-7-16(19-14(13)10-18)20-8-9-21-15(11-20)12-4-2-1-3-5-12/h1-7,15H,8-9,11H2. The van der Waals surface area contributed by atoms with Crippen LogP contribution in [0.5, 0.6) is 0 Å². The van der Waals surface area contributed by atoms with Crippen LogP contribution in [0, 0.1) is 11.3 Å². The molecule has 1 fully saturated rings.